The molecule has 1 aliphatic heterocycles. The van der Waals surface area contributed by atoms with Gasteiger partial charge >= 0.3 is 0 Å². The Labute approximate surface area is 145 Å². The fraction of sp³-hybridized carbons (Fsp3) is 0.278. The molecule has 1 aliphatic rings. The van der Waals surface area contributed by atoms with Crippen molar-refractivity contribution >= 4 is 6.47 Å². The van der Waals surface area contributed by atoms with Crippen LogP contribution < -0.4 is 0 Å². The molecule has 3 heterocycles. The van der Waals surface area contributed by atoms with E-state index >= 15 is 0 Å². The van der Waals surface area contributed by atoms with Crippen molar-refractivity contribution in [1.29, 1.82) is 0 Å². The van der Waals surface area contributed by atoms with Gasteiger partial charge in [-0.25, -0.2) is 4.98 Å². The molecule has 0 spiro atoms. The van der Waals surface area contributed by atoms with Crippen LogP contribution in [0.4, 0.5) is 0 Å². The molecule has 0 saturated carbocycles. The molecule has 25 heavy (non-hydrogen) atoms. The molecule has 2 aromatic heterocycles. The first-order chi connectivity index (χ1) is 12.3. The molecule has 0 radical (unpaired) electrons. The van der Waals surface area contributed by atoms with Crippen LogP contribution in [-0.2, 0) is 24.2 Å². The molecule has 0 atom stereocenters. The summed E-state index contributed by atoms with van der Waals surface area (Å²) in [7, 11) is 0. The monoisotopic (exact) mass is 339 g/mol. The number of rotatable bonds is 3. The minimum Gasteiger partial charge on any atom is -0.483 e. The summed E-state index contributed by atoms with van der Waals surface area (Å²) in [5, 5.41) is 14.7. The first-order valence-corrected chi connectivity index (χ1v) is 8.20. The minimum absolute atomic E-state index is 0.250. The molecule has 130 valence electrons. The van der Waals surface area contributed by atoms with Crippen molar-refractivity contribution in [3.63, 3.8) is 0 Å². The molecule has 0 fully saturated rings. The number of carboxylic acid groups (broad SMARTS) is 1. The van der Waals surface area contributed by atoms with Crippen molar-refractivity contribution < 1.29 is 9.90 Å². The van der Waals surface area contributed by atoms with Gasteiger partial charge in [0.15, 0.2) is 0 Å². The van der Waals surface area contributed by atoms with Gasteiger partial charge in [-0.05, 0) is 6.42 Å². The molecule has 3 aromatic rings. The molecular formula is C18H21N5O2. The second-order valence-corrected chi connectivity index (χ2v) is 5.85. The number of aromatic nitrogens is 4. The van der Waals surface area contributed by atoms with Crippen LogP contribution >= 0.6 is 0 Å². The second-order valence-electron chi connectivity index (χ2n) is 5.85. The predicted molar refractivity (Wildman–Crippen MR) is 94.0 cm³/mol. The Hall–Kier alpha value is -2.93. The third kappa shape index (κ3) is 4.13. The van der Waals surface area contributed by atoms with Gasteiger partial charge in [-0.3, -0.25) is 14.8 Å². The molecule has 1 aromatic carbocycles. The fourth-order valence-corrected chi connectivity index (χ4v) is 3.13. The summed E-state index contributed by atoms with van der Waals surface area (Å²) < 4.78 is 0. The molecule has 7 heteroatoms. The number of nitrogens with one attached hydrogen (secondary N) is 2. The van der Waals surface area contributed by atoms with Gasteiger partial charge in [-0.2, -0.15) is 5.10 Å². The molecular weight excluding hydrogens is 318 g/mol. The summed E-state index contributed by atoms with van der Waals surface area (Å²) in [5.41, 5.74) is 6.14. The van der Waals surface area contributed by atoms with Crippen LogP contribution in [0.5, 0.6) is 0 Å². The topological polar surface area (TPSA) is 97.9 Å². The van der Waals surface area contributed by atoms with E-state index in [9.17, 15) is 0 Å². The van der Waals surface area contributed by atoms with Gasteiger partial charge in [-0.15, -0.1) is 0 Å². The van der Waals surface area contributed by atoms with E-state index < -0.39 is 0 Å². The number of imidazole rings is 1. The summed E-state index contributed by atoms with van der Waals surface area (Å²) in [6.07, 6.45) is 5.70. The molecule has 7 nitrogen and oxygen atoms in total. The van der Waals surface area contributed by atoms with E-state index in [4.69, 9.17) is 9.90 Å². The first-order valence-electron chi connectivity index (χ1n) is 8.20. The third-order valence-electron chi connectivity index (χ3n) is 4.30. The number of H-pyrrole nitrogens is 2. The average Bonchev–Trinajstić information content (AvgIpc) is 3.24. The highest BCUT2D eigenvalue weighted by Gasteiger charge is 2.20. The molecule has 0 saturated heterocycles. The molecule has 4 rings (SSSR count). The Morgan fingerprint density at radius 2 is 1.96 bits per heavy atom. The zero-order valence-electron chi connectivity index (χ0n) is 13.9. The lowest BCUT2D eigenvalue weighted by Gasteiger charge is -2.18. The van der Waals surface area contributed by atoms with Gasteiger partial charge in [-0.1, -0.05) is 30.3 Å². The Balaban J connectivity index is 0.000000569. The number of carbonyl (C=O) groups is 1. The van der Waals surface area contributed by atoms with Crippen molar-refractivity contribution in [3.05, 3.63) is 59.8 Å². The maximum Gasteiger partial charge on any atom is 0.290 e. The van der Waals surface area contributed by atoms with Gasteiger partial charge in [0.2, 0.25) is 0 Å². The van der Waals surface area contributed by atoms with Crippen LogP contribution in [0.3, 0.4) is 0 Å². The Morgan fingerprint density at radius 1 is 1.20 bits per heavy atom. The van der Waals surface area contributed by atoms with Gasteiger partial charge in [0.05, 0.1) is 12.0 Å². The Kier molecular flexibility index (Phi) is 5.58. The smallest absolute Gasteiger partial charge is 0.290 e. The number of benzene rings is 1. The van der Waals surface area contributed by atoms with Crippen LogP contribution in [0.25, 0.3) is 11.3 Å². The summed E-state index contributed by atoms with van der Waals surface area (Å²) in [4.78, 5) is 18.1. The summed E-state index contributed by atoms with van der Waals surface area (Å²) >= 11 is 0. The molecule has 0 amide bonds. The summed E-state index contributed by atoms with van der Waals surface area (Å²) in [6.45, 7) is 2.77. The molecule has 0 bridgehead atoms. The van der Waals surface area contributed by atoms with Crippen molar-refractivity contribution in [1.82, 2.24) is 25.1 Å². The van der Waals surface area contributed by atoms with Crippen LogP contribution in [0.2, 0.25) is 0 Å². The fourth-order valence-electron chi connectivity index (χ4n) is 3.13. The van der Waals surface area contributed by atoms with Gasteiger partial charge in [0.1, 0.15) is 0 Å². The lowest BCUT2D eigenvalue weighted by Crippen LogP contribution is -2.26. The molecule has 0 unspecified atom stereocenters. The van der Waals surface area contributed by atoms with Crippen molar-refractivity contribution in [2.45, 2.75) is 19.4 Å². The lowest BCUT2D eigenvalue weighted by molar-refractivity contribution is -0.122. The first kappa shape index (κ1) is 16.9. The van der Waals surface area contributed by atoms with Crippen LogP contribution in [0, 0.1) is 0 Å². The standard InChI is InChI=1S/C17H19N5.CH2O2/c1-2-4-13(5-3-1)17-15-6-8-22(9-7-16(15)20-21-17)11-14-10-18-12-19-14;2-1-3/h1-5,10,12H,6-9,11H2,(H,18,19)(H,20,21);1H,(H,2,3). The van der Waals surface area contributed by atoms with E-state index in [0.29, 0.717) is 0 Å². The number of fused-ring (bicyclic) bond motifs is 1. The number of hydrogen-bond donors (Lipinski definition) is 3. The van der Waals surface area contributed by atoms with Gasteiger partial charge in [0.25, 0.3) is 6.47 Å². The van der Waals surface area contributed by atoms with E-state index in [0.717, 1.165) is 38.2 Å². The third-order valence-corrected chi connectivity index (χ3v) is 4.30. The predicted octanol–water partition coefficient (Wildman–Crippen LogP) is 2.10. The zero-order chi connectivity index (χ0) is 17.5. The van der Waals surface area contributed by atoms with Gasteiger partial charge in [0, 0.05) is 54.8 Å². The Morgan fingerprint density at radius 3 is 2.68 bits per heavy atom. The van der Waals surface area contributed by atoms with Crippen LogP contribution in [0.1, 0.15) is 17.0 Å². The summed E-state index contributed by atoms with van der Waals surface area (Å²) in [6, 6.07) is 10.4. The van der Waals surface area contributed by atoms with Crippen molar-refractivity contribution in [2.24, 2.45) is 0 Å². The number of aromatic amines is 2. The maximum absolute atomic E-state index is 8.36. The minimum atomic E-state index is -0.250. The highest BCUT2D eigenvalue weighted by atomic mass is 16.3. The average molecular weight is 339 g/mol. The van der Waals surface area contributed by atoms with E-state index in [2.05, 4.69) is 49.3 Å². The SMILES string of the molecule is O=CO.c1ccc(-c2n[nH]c3c2CCN(Cc2cnc[nH]2)CC3)cc1. The van der Waals surface area contributed by atoms with Crippen molar-refractivity contribution in [3.8, 4) is 11.3 Å². The second kappa shape index (κ2) is 8.25. The number of hydrogen-bond acceptors (Lipinski definition) is 4. The van der Waals surface area contributed by atoms with E-state index in [1.807, 2.05) is 12.3 Å². The quantitative estimate of drug-likeness (QED) is 0.635. The lowest BCUT2D eigenvalue weighted by atomic mass is 10.0. The highest BCUT2D eigenvalue weighted by Crippen LogP contribution is 2.26. The largest absolute Gasteiger partial charge is 0.483 e. The normalized spacial score (nSPS) is 14.1. The van der Waals surface area contributed by atoms with Crippen molar-refractivity contribution in [2.75, 3.05) is 13.1 Å². The van der Waals surface area contributed by atoms with E-state index in [1.165, 1.54) is 22.5 Å². The molecule has 3 N–H and O–H groups in total. The van der Waals surface area contributed by atoms with Gasteiger partial charge < -0.3 is 10.1 Å². The van der Waals surface area contributed by atoms with Crippen LogP contribution in [-0.4, -0.2) is 49.7 Å². The Bertz CT molecular complexity index is 783. The summed E-state index contributed by atoms with van der Waals surface area (Å²) in [5.74, 6) is 0. The molecule has 0 aliphatic carbocycles. The number of nitrogens with zero attached hydrogens (tertiary/aromatic N) is 3. The maximum atomic E-state index is 8.36. The van der Waals surface area contributed by atoms with E-state index in [1.54, 1.807) is 6.33 Å². The highest BCUT2D eigenvalue weighted by molar-refractivity contribution is 5.64. The zero-order valence-corrected chi connectivity index (χ0v) is 13.9. The van der Waals surface area contributed by atoms with E-state index in [-0.39, 0.29) is 6.47 Å². The van der Waals surface area contributed by atoms with Crippen LogP contribution in [0.15, 0.2) is 42.9 Å².